The van der Waals surface area contributed by atoms with Gasteiger partial charge in [0, 0.05) is 48.2 Å². The number of aromatic nitrogens is 4. The lowest BCUT2D eigenvalue weighted by Gasteiger charge is -2.41. The van der Waals surface area contributed by atoms with Gasteiger partial charge >= 0.3 is 0 Å². The SMILES string of the molecule is Cc1cn2cc(-c3ccc4c(=O)n(C5CCN(C(C)(C)C)CC5)cnc4c3F)cc(F)c2n1. The summed E-state index contributed by atoms with van der Waals surface area (Å²) < 4.78 is 33.2. The molecule has 0 spiro atoms. The van der Waals surface area contributed by atoms with Crippen LogP contribution >= 0.6 is 0 Å². The lowest BCUT2D eigenvalue weighted by Crippen LogP contribution is -2.47. The molecule has 3 aromatic heterocycles. The van der Waals surface area contributed by atoms with E-state index in [1.807, 2.05) is 0 Å². The predicted octanol–water partition coefficient (Wildman–Crippen LogP) is 4.73. The van der Waals surface area contributed by atoms with Gasteiger partial charge in [0.2, 0.25) is 0 Å². The zero-order chi connectivity index (χ0) is 23.5. The molecule has 0 unspecified atom stereocenters. The lowest BCUT2D eigenvalue weighted by atomic mass is 9.98. The van der Waals surface area contributed by atoms with Crippen molar-refractivity contribution in [2.75, 3.05) is 13.1 Å². The van der Waals surface area contributed by atoms with Crippen molar-refractivity contribution in [2.24, 2.45) is 0 Å². The summed E-state index contributed by atoms with van der Waals surface area (Å²) in [5, 5.41) is 0.233. The van der Waals surface area contributed by atoms with Crippen molar-refractivity contribution < 1.29 is 8.78 Å². The summed E-state index contributed by atoms with van der Waals surface area (Å²) in [5.74, 6) is -1.17. The number of hydrogen-bond acceptors (Lipinski definition) is 4. The third-order valence-corrected chi connectivity index (χ3v) is 6.64. The van der Waals surface area contributed by atoms with Gasteiger partial charge in [0.1, 0.15) is 5.52 Å². The van der Waals surface area contributed by atoms with Gasteiger partial charge in [0.25, 0.3) is 5.56 Å². The molecule has 1 aliphatic heterocycles. The first-order valence-electron chi connectivity index (χ1n) is 11.2. The van der Waals surface area contributed by atoms with E-state index in [1.165, 1.54) is 18.5 Å². The van der Waals surface area contributed by atoms with Crippen molar-refractivity contribution in [1.29, 1.82) is 0 Å². The molecule has 1 aliphatic rings. The van der Waals surface area contributed by atoms with Gasteiger partial charge in [-0.15, -0.1) is 0 Å². The van der Waals surface area contributed by atoms with Crippen LogP contribution in [0.3, 0.4) is 0 Å². The quantitative estimate of drug-likeness (QED) is 0.442. The third-order valence-electron chi connectivity index (χ3n) is 6.64. The van der Waals surface area contributed by atoms with E-state index in [0.717, 1.165) is 25.9 Å². The molecule has 0 bridgehead atoms. The predicted molar refractivity (Wildman–Crippen MR) is 124 cm³/mol. The van der Waals surface area contributed by atoms with Crippen LogP contribution in [0.2, 0.25) is 0 Å². The number of likely N-dealkylation sites (tertiary alicyclic amines) is 1. The Balaban J connectivity index is 1.52. The maximum absolute atomic E-state index is 15.5. The topological polar surface area (TPSA) is 55.4 Å². The molecule has 0 radical (unpaired) electrons. The van der Waals surface area contributed by atoms with Crippen LogP contribution in [-0.2, 0) is 0 Å². The third kappa shape index (κ3) is 3.72. The Bertz CT molecular complexity index is 1430. The Morgan fingerprint density at radius 3 is 2.52 bits per heavy atom. The standard InChI is InChI=1S/C25H27F2N5O/c1-15-12-30-13-16(11-20(26)23(30)29-15)18-5-6-19-22(21(18)27)28-14-32(24(19)33)17-7-9-31(10-8-17)25(2,3)4/h5-6,11-14,17H,7-10H2,1-4H3. The molecule has 4 aromatic rings. The number of rotatable bonds is 2. The Morgan fingerprint density at radius 1 is 1.09 bits per heavy atom. The van der Waals surface area contributed by atoms with Gasteiger partial charge in [-0.3, -0.25) is 14.3 Å². The molecule has 33 heavy (non-hydrogen) atoms. The fourth-order valence-corrected chi connectivity index (χ4v) is 4.80. The van der Waals surface area contributed by atoms with Gasteiger partial charge in [-0.1, -0.05) is 6.07 Å². The molecule has 8 heteroatoms. The van der Waals surface area contributed by atoms with Crippen molar-refractivity contribution in [3.63, 3.8) is 0 Å². The highest BCUT2D eigenvalue weighted by molar-refractivity contribution is 5.84. The number of fused-ring (bicyclic) bond motifs is 2. The minimum Gasteiger partial charge on any atom is -0.304 e. The first-order chi connectivity index (χ1) is 15.6. The Labute approximate surface area is 190 Å². The average Bonchev–Trinajstić information content (AvgIpc) is 3.15. The normalized spacial score (nSPS) is 16.2. The molecule has 4 heterocycles. The molecule has 0 saturated carbocycles. The number of hydrogen-bond donors (Lipinski definition) is 0. The molecule has 1 aromatic carbocycles. The number of imidazole rings is 1. The van der Waals surface area contributed by atoms with E-state index in [0.29, 0.717) is 11.3 Å². The highest BCUT2D eigenvalue weighted by Crippen LogP contribution is 2.30. The Morgan fingerprint density at radius 2 is 1.82 bits per heavy atom. The van der Waals surface area contributed by atoms with E-state index in [9.17, 15) is 9.18 Å². The van der Waals surface area contributed by atoms with Crippen LogP contribution in [0.15, 0.2) is 41.7 Å². The summed E-state index contributed by atoms with van der Waals surface area (Å²) in [6.07, 6.45) is 6.46. The number of nitrogens with zero attached hydrogens (tertiary/aromatic N) is 5. The zero-order valence-corrected chi connectivity index (χ0v) is 19.3. The molecule has 0 atom stereocenters. The van der Waals surface area contributed by atoms with Crippen LogP contribution in [0.4, 0.5) is 8.78 Å². The second kappa shape index (κ2) is 7.73. The summed E-state index contributed by atoms with van der Waals surface area (Å²) >= 11 is 0. The van der Waals surface area contributed by atoms with Crippen molar-refractivity contribution >= 4 is 16.6 Å². The van der Waals surface area contributed by atoms with Crippen LogP contribution in [0.25, 0.3) is 27.7 Å². The molecule has 5 rings (SSSR count). The maximum Gasteiger partial charge on any atom is 0.261 e. The summed E-state index contributed by atoms with van der Waals surface area (Å²) in [5.41, 5.74) is 1.26. The van der Waals surface area contributed by atoms with E-state index in [4.69, 9.17) is 0 Å². The molecular weight excluding hydrogens is 424 g/mol. The van der Waals surface area contributed by atoms with E-state index >= 15 is 4.39 Å². The molecule has 0 N–H and O–H groups in total. The van der Waals surface area contributed by atoms with Gasteiger partial charge in [-0.05, 0) is 52.7 Å². The van der Waals surface area contributed by atoms with Gasteiger partial charge in [0.15, 0.2) is 17.3 Å². The van der Waals surface area contributed by atoms with Crippen LogP contribution in [0.1, 0.15) is 45.3 Å². The Hall–Kier alpha value is -3.13. The molecule has 1 fully saturated rings. The number of pyridine rings is 1. The van der Waals surface area contributed by atoms with E-state index in [1.54, 1.807) is 34.4 Å². The second-order valence-electron chi connectivity index (χ2n) is 9.86. The summed E-state index contributed by atoms with van der Waals surface area (Å²) in [4.78, 5) is 24.1. The average molecular weight is 452 g/mol. The maximum atomic E-state index is 15.5. The highest BCUT2D eigenvalue weighted by atomic mass is 19.1. The second-order valence-corrected chi connectivity index (χ2v) is 9.86. The first kappa shape index (κ1) is 21.7. The number of benzene rings is 1. The number of piperidine rings is 1. The van der Waals surface area contributed by atoms with Crippen LogP contribution < -0.4 is 5.56 Å². The lowest BCUT2D eigenvalue weighted by molar-refractivity contribution is 0.0889. The minimum atomic E-state index is -0.630. The number of aryl methyl sites for hydroxylation is 1. The Kier molecular flexibility index (Phi) is 5.08. The monoisotopic (exact) mass is 451 g/mol. The van der Waals surface area contributed by atoms with Crippen LogP contribution in [0.5, 0.6) is 0 Å². The summed E-state index contributed by atoms with van der Waals surface area (Å²) in [6.45, 7) is 10.1. The molecule has 0 aliphatic carbocycles. The fraction of sp³-hybridized carbons (Fsp3) is 0.400. The molecule has 172 valence electrons. The van der Waals surface area contributed by atoms with E-state index < -0.39 is 11.6 Å². The van der Waals surface area contributed by atoms with E-state index in [2.05, 4.69) is 35.6 Å². The fourth-order valence-electron chi connectivity index (χ4n) is 4.80. The van der Waals surface area contributed by atoms with Gasteiger partial charge in [-0.25, -0.2) is 18.7 Å². The van der Waals surface area contributed by atoms with Crippen molar-refractivity contribution in [3.8, 4) is 11.1 Å². The van der Waals surface area contributed by atoms with Crippen LogP contribution in [-0.4, -0.2) is 42.5 Å². The zero-order valence-electron chi connectivity index (χ0n) is 19.3. The molecular formula is C25H27F2N5O. The minimum absolute atomic E-state index is 0.00296. The first-order valence-corrected chi connectivity index (χ1v) is 11.2. The molecule has 6 nitrogen and oxygen atoms in total. The largest absolute Gasteiger partial charge is 0.304 e. The van der Waals surface area contributed by atoms with Gasteiger partial charge < -0.3 is 4.40 Å². The smallest absolute Gasteiger partial charge is 0.261 e. The summed E-state index contributed by atoms with van der Waals surface area (Å²) in [7, 11) is 0. The highest BCUT2D eigenvalue weighted by Gasteiger charge is 2.28. The molecule has 1 saturated heterocycles. The van der Waals surface area contributed by atoms with E-state index in [-0.39, 0.29) is 39.3 Å². The summed E-state index contributed by atoms with van der Waals surface area (Å²) in [6, 6.07) is 4.41. The van der Waals surface area contributed by atoms with Gasteiger partial charge in [-0.2, -0.15) is 0 Å². The molecule has 0 amide bonds. The van der Waals surface area contributed by atoms with Gasteiger partial charge in [0.05, 0.1) is 17.4 Å². The number of halogens is 2. The van der Waals surface area contributed by atoms with Crippen molar-refractivity contribution in [3.05, 3.63) is 64.6 Å². The van der Waals surface area contributed by atoms with Crippen molar-refractivity contribution in [1.82, 2.24) is 23.8 Å². The van der Waals surface area contributed by atoms with Crippen LogP contribution in [0, 0.1) is 18.6 Å². The van der Waals surface area contributed by atoms with Crippen molar-refractivity contribution in [2.45, 2.75) is 52.1 Å².